The van der Waals surface area contributed by atoms with E-state index in [1.807, 2.05) is 0 Å². The normalized spacial score (nSPS) is 13.4. The predicted octanol–water partition coefficient (Wildman–Crippen LogP) is 13.0. The number of rotatable bonds is 14. The summed E-state index contributed by atoms with van der Waals surface area (Å²) in [5.74, 6) is 0.662. The van der Waals surface area contributed by atoms with Crippen molar-refractivity contribution in [3.05, 3.63) is 144 Å². The molecule has 0 saturated carbocycles. The van der Waals surface area contributed by atoms with Gasteiger partial charge in [-0.1, -0.05) is 153 Å². The van der Waals surface area contributed by atoms with Gasteiger partial charge in [0.05, 0.1) is 14.2 Å². The summed E-state index contributed by atoms with van der Waals surface area (Å²) in [6.07, 6.45) is 50.1. The molecule has 0 fully saturated rings. The van der Waals surface area contributed by atoms with Gasteiger partial charge in [0.25, 0.3) is 0 Å². The Labute approximate surface area is 380 Å². The van der Waals surface area contributed by atoms with E-state index in [0.717, 1.165) is 25.7 Å². The van der Waals surface area contributed by atoms with E-state index < -0.39 is 0 Å². The Morgan fingerprint density at radius 2 is 0.696 bits per heavy atom. The molecule has 0 radical (unpaired) electrons. The molecule has 4 aliphatic rings. The van der Waals surface area contributed by atoms with Crippen molar-refractivity contribution in [2.75, 3.05) is 14.2 Å². The van der Waals surface area contributed by atoms with Gasteiger partial charge in [0.1, 0.15) is 11.5 Å². The maximum atomic E-state index is 10.7. The minimum atomic E-state index is -0.0694. The fraction of sp³-hybridized carbons (Fsp3) is 0.440. The smallest absolute Gasteiger partial charge is 0.870 e. The van der Waals surface area contributed by atoms with Crippen molar-refractivity contribution in [3.8, 4) is 23.0 Å². The SMILES string of the molecule is CCCCC1=[C-]CC=C1.CCCCC1=[C-]CC=C1.CCCCC1=[C-]CC=C1.CCCCC1=[C-]CC=C1.COc1ccccc1[O-].COc1ccccc1[O-].[Zr+2].[Zr+2]. The molecule has 4 aliphatic carbocycles. The van der Waals surface area contributed by atoms with Gasteiger partial charge in [0, 0.05) is 0 Å². The van der Waals surface area contributed by atoms with Crippen LogP contribution in [0.3, 0.4) is 0 Å². The molecule has 2 aromatic rings. The first-order valence-corrected chi connectivity index (χ1v) is 20.1. The summed E-state index contributed by atoms with van der Waals surface area (Å²) in [7, 11) is 2.97. The number of allylic oxidation sites excluding steroid dienone is 16. The van der Waals surface area contributed by atoms with Crippen LogP contribution in [-0.2, 0) is 52.4 Å². The van der Waals surface area contributed by atoms with Crippen LogP contribution in [0.2, 0.25) is 0 Å². The average Bonchev–Trinajstić information content (AvgIpc) is 4.06. The molecule has 0 amide bonds. The van der Waals surface area contributed by atoms with E-state index >= 15 is 0 Å². The van der Waals surface area contributed by atoms with Crippen LogP contribution in [0.1, 0.15) is 130 Å². The Morgan fingerprint density at radius 3 is 0.857 bits per heavy atom. The van der Waals surface area contributed by atoms with Crippen molar-refractivity contribution in [2.45, 2.75) is 130 Å². The average molecular weight is 914 g/mol. The fourth-order valence-electron chi connectivity index (χ4n) is 5.19. The zero-order valence-electron chi connectivity index (χ0n) is 35.2. The number of unbranched alkanes of at least 4 members (excludes halogenated alkanes) is 4. The summed E-state index contributed by atoms with van der Waals surface area (Å²) in [6, 6.07) is 13.1. The van der Waals surface area contributed by atoms with Crippen LogP contribution < -0.4 is 19.7 Å². The molecule has 0 unspecified atom stereocenters. The first-order chi connectivity index (χ1) is 26.4. The zero-order valence-corrected chi connectivity index (χ0v) is 40.1. The molecular formula is C50H66O4Zr2-2. The van der Waals surface area contributed by atoms with Gasteiger partial charge < -0.3 is 19.7 Å². The summed E-state index contributed by atoms with van der Waals surface area (Å²) in [5, 5.41) is 21.5. The first-order valence-electron chi connectivity index (χ1n) is 20.1. The van der Waals surface area contributed by atoms with Crippen LogP contribution in [0, 0.1) is 24.3 Å². The molecule has 2 aromatic carbocycles. The number of methoxy groups -OCH3 is 2. The molecule has 0 N–H and O–H groups in total. The summed E-state index contributed by atoms with van der Waals surface area (Å²) in [4.78, 5) is 0. The van der Waals surface area contributed by atoms with Crippen molar-refractivity contribution in [1.29, 1.82) is 0 Å². The Balaban J connectivity index is 0. The molecular weight excluding hydrogens is 847 g/mol. The molecule has 300 valence electrons. The molecule has 0 heterocycles. The summed E-state index contributed by atoms with van der Waals surface area (Å²) >= 11 is 0. The number of benzene rings is 2. The van der Waals surface area contributed by atoms with Gasteiger partial charge >= 0.3 is 52.4 Å². The fourth-order valence-corrected chi connectivity index (χ4v) is 5.19. The molecule has 0 spiro atoms. The van der Waals surface area contributed by atoms with Crippen molar-refractivity contribution >= 4 is 0 Å². The van der Waals surface area contributed by atoms with Gasteiger partial charge in [-0.2, -0.15) is 24.3 Å². The van der Waals surface area contributed by atoms with E-state index in [4.69, 9.17) is 9.47 Å². The van der Waals surface area contributed by atoms with E-state index in [1.165, 1.54) is 126 Å². The molecule has 0 aromatic heterocycles. The van der Waals surface area contributed by atoms with E-state index in [9.17, 15) is 10.2 Å². The molecule has 0 aliphatic heterocycles. The zero-order chi connectivity index (χ0) is 39.5. The number of hydrogen-bond acceptors (Lipinski definition) is 4. The van der Waals surface area contributed by atoms with Gasteiger partial charge in [0.15, 0.2) is 0 Å². The van der Waals surface area contributed by atoms with Crippen molar-refractivity contribution in [3.63, 3.8) is 0 Å². The van der Waals surface area contributed by atoms with E-state index in [0.29, 0.717) is 11.5 Å². The topological polar surface area (TPSA) is 64.6 Å². The Bertz CT molecular complexity index is 1330. The predicted molar refractivity (Wildman–Crippen MR) is 225 cm³/mol. The third-order valence-corrected chi connectivity index (χ3v) is 8.40. The number of ether oxygens (including phenoxy) is 2. The molecule has 6 heteroatoms. The molecule has 6 rings (SSSR count). The van der Waals surface area contributed by atoms with Crippen LogP contribution in [0.4, 0.5) is 0 Å². The van der Waals surface area contributed by atoms with E-state index in [-0.39, 0.29) is 63.9 Å². The minimum absolute atomic E-state index is 0. The maximum Gasteiger partial charge on any atom is 2.00 e. The monoisotopic (exact) mass is 910 g/mol. The van der Waals surface area contributed by atoms with Crippen molar-refractivity contribution in [2.24, 2.45) is 0 Å². The van der Waals surface area contributed by atoms with Crippen LogP contribution in [0.15, 0.2) is 119 Å². The summed E-state index contributed by atoms with van der Waals surface area (Å²) in [6.45, 7) is 8.89. The molecule has 56 heavy (non-hydrogen) atoms. The van der Waals surface area contributed by atoms with Gasteiger partial charge in [-0.05, 0) is 12.1 Å². The van der Waals surface area contributed by atoms with Crippen LogP contribution in [0.25, 0.3) is 0 Å². The second-order valence-electron chi connectivity index (χ2n) is 12.9. The summed E-state index contributed by atoms with van der Waals surface area (Å²) < 4.78 is 9.46. The Kier molecular flexibility index (Phi) is 38.8. The van der Waals surface area contributed by atoms with Gasteiger partial charge in [-0.3, -0.25) is 24.3 Å². The molecule has 0 saturated heterocycles. The maximum absolute atomic E-state index is 10.7. The quantitative estimate of drug-likeness (QED) is 0.177. The third kappa shape index (κ3) is 28.7. The van der Waals surface area contributed by atoms with Gasteiger partial charge in [-0.15, -0.1) is 25.7 Å². The second kappa shape index (κ2) is 39.2. The molecule has 0 atom stereocenters. The van der Waals surface area contributed by atoms with Gasteiger partial charge in [0.2, 0.25) is 0 Å². The third-order valence-electron chi connectivity index (χ3n) is 8.40. The number of para-hydroxylation sites is 4. The first kappa shape index (κ1) is 55.4. The number of hydrogen-bond donors (Lipinski definition) is 0. The van der Waals surface area contributed by atoms with Gasteiger partial charge in [-0.25, -0.2) is 46.6 Å². The Morgan fingerprint density at radius 1 is 0.446 bits per heavy atom. The largest absolute Gasteiger partial charge is 2.00 e. The molecule has 4 nitrogen and oxygen atoms in total. The minimum Gasteiger partial charge on any atom is -0.870 e. The molecule has 0 bridgehead atoms. The summed E-state index contributed by atoms with van der Waals surface area (Å²) in [5.41, 5.74) is 5.66. The van der Waals surface area contributed by atoms with Crippen molar-refractivity contribution in [1.82, 2.24) is 0 Å². The van der Waals surface area contributed by atoms with Crippen LogP contribution in [-0.4, -0.2) is 14.2 Å². The van der Waals surface area contributed by atoms with Crippen LogP contribution in [0.5, 0.6) is 23.0 Å². The standard InChI is InChI=1S/4C9H13.2C7H8O2.2Zr/c4*1-2-3-6-9-7-4-5-8-9;2*1-9-7-5-3-2-4-6(7)8;;/h4*4,7H,2-3,5-6H2,1H3;2*2-5,8H,1H3;;/q4*-1;;;2*+2/p-2. The Hall–Kier alpha value is -2.67. The van der Waals surface area contributed by atoms with E-state index in [1.54, 1.807) is 36.4 Å². The van der Waals surface area contributed by atoms with Crippen molar-refractivity contribution < 1.29 is 72.1 Å². The second-order valence-corrected chi connectivity index (χ2v) is 12.9. The van der Waals surface area contributed by atoms with E-state index in [2.05, 4.69) is 101 Å². The van der Waals surface area contributed by atoms with Crippen LogP contribution >= 0.6 is 0 Å².